The number of hydrogen-bond acceptors (Lipinski definition) is 5. The molecule has 0 amide bonds. The molecular weight excluding hydrogens is 334 g/mol. The van der Waals surface area contributed by atoms with Crippen molar-refractivity contribution in [1.82, 2.24) is 10.2 Å². The molecule has 1 fully saturated rings. The van der Waals surface area contributed by atoms with Crippen LogP contribution >= 0.6 is 0 Å². The van der Waals surface area contributed by atoms with Gasteiger partial charge in [0, 0.05) is 19.6 Å². The molecule has 1 aliphatic heterocycles. The van der Waals surface area contributed by atoms with Gasteiger partial charge in [0.15, 0.2) is 5.96 Å². The van der Waals surface area contributed by atoms with Crippen molar-refractivity contribution in [2.45, 2.75) is 25.9 Å². The number of carbonyl (C=O) groups is 1. The minimum absolute atomic E-state index is 0.0379. The van der Waals surface area contributed by atoms with Gasteiger partial charge < -0.3 is 24.8 Å². The zero-order chi connectivity index (χ0) is 18.9. The number of guanidine groups is 1. The van der Waals surface area contributed by atoms with E-state index in [4.69, 9.17) is 9.47 Å². The number of aliphatic hydroxyl groups is 1. The lowest BCUT2D eigenvalue weighted by molar-refractivity contribution is -0.146. The molecule has 1 saturated heterocycles. The Morgan fingerprint density at radius 2 is 1.96 bits per heavy atom. The summed E-state index contributed by atoms with van der Waals surface area (Å²) < 4.78 is 9.97. The molecule has 1 heterocycles. The number of benzene rings is 1. The zero-order valence-corrected chi connectivity index (χ0v) is 15.8. The van der Waals surface area contributed by atoms with E-state index in [0.29, 0.717) is 0 Å². The van der Waals surface area contributed by atoms with E-state index < -0.39 is 6.10 Å². The largest absolute Gasteiger partial charge is 0.497 e. The van der Waals surface area contributed by atoms with Crippen LogP contribution in [0, 0.1) is 5.92 Å². The number of esters is 1. The SMILES string of the molecule is CCNC(=NCC(O)c1ccc(OC)cc1)N1CCC(C(=O)OC)CC1. The van der Waals surface area contributed by atoms with Crippen molar-refractivity contribution in [2.24, 2.45) is 10.9 Å². The highest BCUT2D eigenvalue weighted by Gasteiger charge is 2.27. The maximum absolute atomic E-state index is 11.7. The maximum Gasteiger partial charge on any atom is 0.308 e. The molecule has 144 valence electrons. The number of methoxy groups -OCH3 is 2. The number of ether oxygens (including phenoxy) is 2. The molecule has 0 bridgehead atoms. The highest BCUT2D eigenvalue weighted by molar-refractivity contribution is 5.80. The van der Waals surface area contributed by atoms with Crippen LogP contribution in [0.4, 0.5) is 0 Å². The second-order valence-electron chi connectivity index (χ2n) is 6.27. The summed E-state index contributed by atoms with van der Waals surface area (Å²) in [6.45, 7) is 4.51. The van der Waals surface area contributed by atoms with Gasteiger partial charge in [-0.2, -0.15) is 0 Å². The molecule has 1 aliphatic rings. The number of likely N-dealkylation sites (tertiary alicyclic amines) is 1. The summed E-state index contributed by atoms with van der Waals surface area (Å²) in [5.41, 5.74) is 0.801. The monoisotopic (exact) mass is 363 g/mol. The van der Waals surface area contributed by atoms with E-state index in [1.54, 1.807) is 7.11 Å². The highest BCUT2D eigenvalue weighted by atomic mass is 16.5. The van der Waals surface area contributed by atoms with Gasteiger partial charge in [-0.3, -0.25) is 9.79 Å². The summed E-state index contributed by atoms with van der Waals surface area (Å²) >= 11 is 0. The predicted octanol–water partition coefficient (Wildman–Crippen LogP) is 1.58. The molecule has 0 aromatic heterocycles. The third kappa shape index (κ3) is 5.36. The Bertz CT molecular complexity index is 595. The third-order valence-corrected chi connectivity index (χ3v) is 4.58. The molecule has 2 rings (SSSR count). The number of nitrogens with one attached hydrogen (secondary N) is 1. The first-order chi connectivity index (χ1) is 12.6. The molecule has 0 radical (unpaired) electrons. The van der Waals surface area contributed by atoms with Crippen molar-refractivity contribution in [2.75, 3.05) is 40.4 Å². The van der Waals surface area contributed by atoms with Gasteiger partial charge in [-0.25, -0.2) is 0 Å². The number of hydrogen-bond donors (Lipinski definition) is 2. The van der Waals surface area contributed by atoms with Crippen molar-refractivity contribution >= 4 is 11.9 Å². The average molecular weight is 363 g/mol. The Labute approximate surface area is 155 Å². The summed E-state index contributed by atoms with van der Waals surface area (Å²) in [6, 6.07) is 7.33. The van der Waals surface area contributed by atoms with E-state index in [1.165, 1.54) is 7.11 Å². The van der Waals surface area contributed by atoms with E-state index in [-0.39, 0.29) is 18.4 Å². The average Bonchev–Trinajstić information content (AvgIpc) is 2.70. The lowest BCUT2D eigenvalue weighted by atomic mass is 9.97. The molecule has 2 N–H and O–H groups in total. The van der Waals surface area contributed by atoms with E-state index in [1.807, 2.05) is 31.2 Å². The molecular formula is C19H29N3O4. The Kier molecular flexibility index (Phi) is 7.72. The molecule has 1 aromatic carbocycles. The highest BCUT2D eigenvalue weighted by Crippen LogP contribution is 2.20. The Morgan fingerprint density at radius 1 is 1.31 bits per heavy atom. The standard InChI is InChI=1S/C19H29N3O4/c1-4-20-19(22-11-9-15(10-12-22)18(24)26-3)21-13-17(23)14-5-7-16(25-2)8-6-14/h5-8,15,17,23H,4,9-13H2,1-3H3,(H,20,21). The van der Waals surface area contributed by atoms with Gasteiger partial charge in [-0.05, 0) is 37.5 Å². The molecule has 0 spiro atoms. The number of rotatable bonds is 6. The molecule has 1 unspecified atom stereocenters. The van der Waals surface area contributed by atoms with Crippen LogP contribution in [-0.4, -0.2) is 62.3 Å². The van der Waals surface area contributed by atoms with Gasteiger partial charge in [0.1, 0.15) is 5.75 Å². The first-order valence-electron chi connectivity index (χ1n) is 9.02. The minimum atomic E-state index is -0.679. The summed E-state index contributed by atoms with van der Waals surface area (Å²) in [5, 5.41) is 13.7. The van der Waals surface area contributed by atoms with E-state index in [9.17, 15) is 9.90 Å². The molecule has 26 heavy (non-hydrogen) atoms. The first kappa shape index (κ1) is 20.0. The van der Waals surface area contributed by atoms with Crippen LogP contribution in [0.3, 0.4) is 0 Å². The van der Waals surface area contributed by atoms with Crippen molar-refractivity contribution in [1.29, 1.82) is 0 Å². The van der Waals surface area contributed by atoms with Crippen LogP contribution < -0.4 is 10.1 Å². The van der Waals surface area contributed by atoms with Gasteiger partial charge >= 0.3 is 5.97 Å². The number of nitrogens with zero attached hydrogens (tertiary/aromatic N) is 2. The fraction of sp³-hybridized carbons (Fsp3) is 0.579. The van der Waals surface area contributed by atoms with E-state index in [2.05, 4.69) is 15.2 Å². The zero-order valence-electron chi connectivity index (χ0n) is 15.8. The van der Waals surface area contributed by atoms with Crippen molar-refractivity contribution in [3.05, 3.63) is 29.8 Å². The quantitative estimate of drug-likeness (QED) is 0.454. The summed E-state index contributed by atoms with van der Waals surface area (Å²) in [6.07, 6.45) is 0.818. The van der Waals surface area contributed by atoms with Crippen LogP contribution in [0.25, 0.3) is 0 Å². The topological polar surface area (TPSA) is 83.4 Å². The Morgan fingerprint density at radius 3 is 2.50 bits per heavy atom. The van der Waals surface area contributed by atoms with Crippen molar-refractivity contribution in [3.8, 4) is 5.75 Å². The van der Waals surface area contributed by atoms with E-state index in [0.717, 1.165) is 49.7 Å². The smallest absolute Gasteiger partial charge is 0.308 e. The number of carbonyl (C=O) groups excluding carboxylic acids is 1. The Balaban J connectivity index is 1.96. The molecule has 7 nitrogen and oxygen atoms in total. The van der Waals surface area contributed by atoms with Crippen LogP contribution in [0.1, 0.15) is 31.4 Å². The predicted molar refractivity (Wildman–Crippen MR) is 100 cm³/mol. The number of aliphatic imine (C=N–C) groups is 1. The fourth-order valence-electron chi connectivity index (χ4n) is 3.02. The van der Waals surface area contributed by atoms with Gasteiger partial charge in [0.2, 0.25) is 0 Å². The number of piperidine rings is 1. The molecule has 1 atom stereocenters. The molecule has 0 aliphatic carbocycles. The lowest BCUT2D eigenvalue weighted by Crippen LogP contribution is -2.46. The van der Waals surface area contributed by atoms with Crippen LogP contribution in [-0.2, 0) is 9.53 Å². The van der Waals surface area contributed by atoms with Gasteiger partial charge in [-0.1, -0.05) is 12.1 Å². The summed E-state index contributed by atoms with van der Waals surface area (Å²) in [7, 11) is 3.04. The summed E-state index contributed by atoms with van der Waals surface area (Å²) in [5.74, 6) is 1.35. The normalized spacial score (nSPS) is 16.9. The van der Waals surface area contributed by atoms with Gasteiger partial charge in [-0.15, -0.1) is 0 Å². The second-order valence-corrected chi connectivity index (χ2v) is 6.27. The maximum atomic E-state index is 11.7. The van der Waals surface area contributed by atoms with E-state index >= 15 is 0 Å². The van der Waals surface area contributed by atoms with Gasteiger partial charge in [0.25, 0.3) is 0 Å². The van der Waals surface area contributed by atoms with Crippen LogP contribution in [0.5, 0.6) is 5.75 Å². The summed E-state index contributed by atoms with van der Waals surface area (Å²) in [4.78, 5) is 18.4. The van der Waals surface area contributed by atoms with Gasteiger partial charge in [0.05, 0.1) is 32.8 Å². The molecule has 1 aromatic rings. The molecule has 7 heteroatoms. The van der Waals surface area contributed by atoms with Crippen LogP contribution in [0.2, 0.25) is 0 Å². The first-order valence-corrected chi connectivity index (χ1v) is 9.02. The number of aliphatic hydroxyl groups excluding tert-OH is 1. The second kappa shape index (κ2) is 10.0. The van der Waals surface area contributed by atoms with Crippen LogP contribution in [0.15, 0.2) is 29.3 Å². The molecule has 0 saturated carbocycles. The van der Waals surface area contributed by atoms with Crippen molar-refractivity contribution in [3.63, 3.8) is 0 Å². The minimum Gasteiger partial charge on any atom is -0.497 e. The Hall–Kier alpha value is -2.28. The third-order valence-electron chi connectivity index (χ3n) is 4.58. The fourth-order valence-corrected chi connectivity index (χ4v) is 3.02. The lowest BCUT2D eigenvalue weighted by Gasteiger charge is -2.33. The van der Waals surface area contributed by atoms with Crippen molar-refractivity contribution < 1.29 is 19.4 Å².